The quantitative estimate of drug-likeness (QED) is 0.867. The van der Waals surface area contributed by atoms with Gasteiger partial charge in [0.1, 0.15) is 0 Å². The highest BCUT2D eigenvalue weighted by Crippen LogP contribution is 2.55. The van der Waals surface area contributed by atoms with Gasteiger partial charge < -0.3 is 14.8 Å². The molecule has 1 amide bonds. The maximum Gasteiger partial charge on any atom is 0.306 e. The smallest absolute Gasteiger partial charge is 0.306 e. The minimum Gasteiger partial charge on any atom is -0.481 e. The van der Waals surface area contributed by atoms with Crippen molar-refractivity contribution in [3.8, 4) is 0 Å². The van der Waals surface area contributed by atoms with Crippen molar-refractivity contribution in [2.75, 3.05) is 0 Å². The van der Waals surface area contributed by atoms with Crippen molar-refractivity contribution in [3.63, 3.8) is 0 Å². The van der Waals surface area contributed by atoms with E-state index in [1.54, 1.807) is 0 Å². The summed E-state index contributed by atoms with van der Waals surface area (Å²) in [4.78, 5) is 27.5. The zero-order valence-electron chi connectivity index (χ0n) is 10.9. The molecular weight excluding hydrogens is 260 g/mol. The topological polar surface area (TPSA) is 92.4 Å². The van der Waals surface area contributed by atoms with Gasteiger partial charge in [-0.1, -0.05) is 0 Å². The number of oxazole rings is 1. The molecule has 3 fully saturated rings. The SMILES string of the molecule is O=C(N[C@H]1C[C@@H](C(=O)O)[C@@H]2C[C@@H]21)c1ocnc1C1CC1. The van der Waals surface area contributed by atoms with Crippen molar-refractivity contribution in [1.82, 2.24) is 10.3 Å². The fourth-order valence-corrected chi connectivity index (χ4v) is 3.54. The third kappa shape index (κ3) is 1.82. The number of fused-ring (bicyclic) bond motifs is 1. The lowest BCUT2D eigenvalue weighted by Crippen LogP contribution is -2.36. The van der Waals surface area contributed by atoms with Gasteiger partial charge in [-0.3, -0.25) is 9.59 Å². The minimum atomic E-state index is -0.743. The largest absolute Gasteiger partial charge is 0.481 e. The lowest BCUT2D eigenvalue weighted by atomic mass is 10.0. The molecule has 0 saturated heterocycles. The summed E-state index contributed by atoms with van der Waals surface area (Å²) < 4.78 is 5.22. The van der Waals surface area contributed by atoms with E-state index in [9.17, 15) is 9.59 Å². The lowest BCUT2D eigenvalue weighted by molar-refractivity contribution is -0.142. The summed E-state index contributed by atoms with van der Waals surface area (Å²) in [5.41, 5.74) is 0.752. The number of amides is 1. The molecule has 4 atom stereocenters. The molecule has 1 aromatic heterocycles. The van der Waals surface area contributed by atoms with E-state index in [-0.39, 0.29) is 23.8 Å². The van der Waals surface area contributed by atoms with E-state index in [1.165, 1.54) is 6.39 Å². The molecule has 0 spiro atoms. The van der Waals surface area contributed by atoms with Crippen LogP contribution >= 0.6 is 0 Å². The maximum atomic E-state index is 12.3. The van der Waals surface area contributed by atoms with Gasteiger partial charge in [0.25, 0.3) is 5.91 Å². The summed E-state index contributed by atoms with van der Waals surface area (Å²) in [5, 5.41) is 12.1. The zero-order valence-corrected chi connectivity index (χ0v) is 10.9. The van der Waals surface area contributed by atoms with Gasteiger partial charge >= 0.3 is 5.97 Å². The van der Waals surface area contributed by atoms with Crippen molar-refractivity contribution in [1.29, 1.82) is 0 Å². The van der Waals surface area contributed by atoms with Crippen LogP contribution in [0.15, 0.2) is 10.8 Å². The van der Waals surface area contributed by atoms with Crippen LogP contribution in [-0.4, -0.2) is 28.0 Å². The minimum absolute atomic E-state index is 0.0363. The summed E-state index contributed by atoms with van der Waals surface area (Å²) in [6, 6.07) is -0.0363. The molecule has 1 aromatic rings. The van der Waals surface area contributed by atoms with Gasteiger partial charge in [0.05, 0.1) is 11.6 Å². The number of hydrogen-bond donors (Lipinski definition) is 2. The number of hydrogen-bond acceptors (Lipinski definition) is 4. The van der Waals surface area contributed by atoms with Gasteiger partial charge in [-0.15, -0.1) is 0 Å². The van der Waals surface area contributed by atoms with E-state index in [0.29, 0.717) is 24.0 Å². The Morgan fingerprint density at radius 2 is 2.10 bits per heavy atom. The molecule has 0 unspecified atom stereocenters. The van der Waals surface area contributed by atoms with Gasteiger partial charge in [-0.05, 0) is 37.5 Å². The van der Waals surface area contributed by atoms with E-state index in [1.807, 2.05) is 0 Å². The molecule has 4 rings (SSSR count). The van der Waals surface area contributed by atoms with Crippen molar-refractivity contribution >= 4 is 11.9 Å². The Labute approximate surface area is 115 Å². The first-order chi connectivity index (χ1) is 9.65. The van der Waals surface area contributed by atoms with Crippen molar-refractivity contribution < 1.29 is 19.1 Å². The predicted molar refractivity (Wildman–Crippen MR) is 67.1 cm³/mol. The number of carboxylic acids is 1. The molecular formula is C14H16N2O4. The Balaban J connectivity index is 1.46. The second-order valence-electron chi connectivity index (χ2n) is 6.16. The summed E-state index contributed by atoms with van der Waals surface area (Å²) >= 11 is 0. The van der Waals surface area contributed by atoms with E-state index in [4.69, 9.17) is 9.52 Å². The molecule has 0 radical (unpaired) electrons. The maximum absolute atomic E-state index is 12.3. The van der Waals surface area contributed by atoms with Crippen LogP contribution in [0, 0.1) is 17.8 Å². The second kappa shape index (κ2) is 4.07. The summed E-state index contributed by atoms with van der Waals surface area (Å²) in [6.07, 6.45) is 4.87. The van der Waals surface area contributed by atoms with Crippen LogP contribution < -0.4 is 5.32 Å². The summed E-state index contributed by atoms with van der Waals surface area (Å²) in [7, 11) is 0. The van der Waals surface area contributed by atoms with Crippen molar-refractivity contribution in [2.45, 2.75) is 37.6 Å². The average Bonchev–Trinajstić information content (AvgIpc) is 3.32. The molecule has 20 heavy (non-hydrogen) atoms. The van der Waals surface area contributed by atoms with E-state index in [0.717, 1.165) is 25.0 Å². The molecule has 3 aliphatic rings. The van der Waals surface area contributed by atoms with E-state index < -0.39 is 5.97 Å². The number of aromatic nitrogens is 1. The average molecular weight is 276 g/mol. The van der Waals surface area contributed by atoms with Crippen LogP contribution in [0.2, 0.25) is 0 Å². The molecule has 3 saturated carbocycles. The van der Waals surface area contributed by atoms with Gasteiger partial charge in [0.2, 0.25) is 5.76 Å². The highest BCUT2D eigenvalue weighted by Gasteiger charge is 2.57. The van der Waals surface area contributed by atoms with Gasteiger partial charge in [-0.2, -0.15) is 0 Å². The molecule has 0 aliphatic heterocycles. The first-order valence-corrected chi connectivity index (χ1v) is 7.12. The Hall–Kier alpha value is -1.85. The standard InChI is InChI=1S/C14H16N2O4/c17-13(12-11(6-1-2-6)15-5-20-12)16-10-4-9(14(18)19)7-3-8(7)10/h5-10H,1-4H2,(H,16,17)(H,18,19)/t7-,8+,9-,10+/m1/s1. The highest BCUT2D eigenvalue weighted by molar-refractivity contribution is 5.93. The van der Waals surface area contributed by atoms with Gasteiger partial charge in [0, 0.05) is 12.0 Å². The van der Waals surface area contributed by atoms with Crippen LogP contribution in [0.4, 0.5) is 0 Å². The van der Waals surface area contributed by atoms with Crippen LogP contribution in [0.25, 0.3) is 0 Å². The van der Waals surface area contributed by atoms with Crippen molar-refractivity contribution in [2.24, 2.45) is 17.8 Å². The first-order valence-electron chi connectivity index (χ1n) is 7.12. The molecule has 0 bridgehead atoms. The van der Waals surface area contributed by atoms with Crippen LogP contribution in [-0.2, 0) is 4.79 Å². The molecule has 106 valence electrons. The fourth-order valence-electron chi connectivity index (χ4n) is 3.54. The predicted octanol–water partition coefficient (Wildman–Crippen LogP) is 1.39. The molecule has 3 aliphatic carbocycles. The normalized spacial score (nSPS) is 34.6. The number of rotatable bonds is 4. The van der Waals surface area contributed by atoms with Crippen molar-refractivity contribution in [3.05, 3.63) is 17.8 Å². The number of carbonyl (C=O) groups is 2. The summed E-state index contributed by atoms with van der Waals surface area (Å²) in [5.74, 6) is -0.0497. The van der Waals surface area contributed by atoms with Crippen LogP contribution in [0.3, 0.4) is 0 Å². The number of aliphatic carboxylic acids is 1. The molecule has 6 nitrogen and oxygen atoms in total. The summed E-state index contributed by atoms with van der Waals surface area (Å²) in [6.45, 7) is 0. The Morgan fingerprint density at radius 3 is 2.75 bits per heavy atom. The van der Waals surface area contributed by atoms with Crippen LogP contribution in [0.1, 0.15) is 47.8 Å². The lowest BCUT2D eigenvalue weighted by Gasteiger charge is -2.15. The van der Waals surface area contributed by atoms with Crippen LogP contribution in [0.5, 0.6) is 0 Å². The Morgan fingerprint density at radius 1 is 1.30 bits per heavy atom. The van der Waals surface area contributed by atoms with Gasteiger partial charge in [0.15, 0.2) is 6.39 Å². The molecule has 2 N–H and O–H groups in total. The Bertz CT molecular complexity index is 577. The highest BCUT2D eigenvalue weighted by atomic mass is 16.4. The third-order valence-corrected chi connectivity index (χ3v) is 4.83. The fraction of sp³-hybridized carbons (Fsp3) is 0.643. The monoisotopic (exact) mass is 276 g/mol. The number of nitrogens with zero attached hydrogens (tertiary/aromatic N) is 1. The zero-order chi connectivity index (χ0) is 13.9. The van der Waals surface area contributed by atoms with Gasteiger partial charge in [-0.25, -0.2) is 4.98 Å². The van der Waals surface area contributed by atoms with E-state index in [2.05, 4.69) is 10.3 Å². The Kier molecular flexibility index (Phi) is 2.43. The number of carboxylic acid groups (broad SMARTS) is 1. The first kappa shape index (κ1) is 11.9. The third-order valence-electron chi connectivity index (χ3n) is 4.83. The second-order valence-corrected chi connectivity index (χ2v) is 6.16. The number of nitrogens with one attached hydrogen (secondary N) is 1. The molecule has 1 heterocycles. The van der Waals surface area contributed by atoms with E-state index >= 15 is 0 Å². The molecule has 0 aromatic carbocycles. The molecule has 6 heteroatoms. The number of carbonyl (C=O) groups excluding carboxylic acids is 1.